The molecular weight excluding hydrogens is 182 g/mol. The predicted octanol–water partition coefficient (Wildman–Crippen LogP) is -1.26. The summed E-state index contributed by atoms with van der Waals surface area (Å²) in [5.41, 5.74) is -0.121. The van der Waals surface area contributed by atoms with Crippen molar-refractivity contribution in [2.45, 2.75) is 31.3 Å². The Balaban J connectivity index is 1.86. The van der Waals surface area contributed by atoms with Crippen LogP contribution in [0.2, 0.25) is 0 Å². The van der Waals surface area contributed by atoms with Gasteiger partial charge in [-0.05, 0) is 13.3 Å². The lowest BCUT2D eigenvalue weighted by molar-refractivity contribution is -0.127. The smallest absolute Gasteiger partial charge is 0.243 e. The molecule has 5 heteroatoms. The highest BCUT2D eigenvalue weighted by atomic mass is 16.2. The highest BCUT2D eigenvalue weighted by Gasteiger charge is 2.36. The maximum atomic E-state index is 11.6. The van der Waals surface area contributed by atoms with E-state index in [1.165, 1.54) is 0 Å². The zero-order valence-electron chi connectivity index (χ0n) is 8.22. The van der Waals surface area contributed by atoms with Gasteiger partial charge in [-0.2, -0.15) is 0 Å². The molecule has 2 fully saturated rings. The van der Waals surface area contributed by atoms with E-state index in [2.05, 4.69) is 16.0 Å². The van der Waals surface area contributed by atoms with Gasteiger partial charge >= 0.3 is 0 Å². The molecule has 0 bridgehead atoms. The van der Waals surface area contributed by atoms with Crippen LogP contribution in [0.5, 0.6) is 0 Å². The van der Waals surface area contributed by atoms with Crippen LogP contribution in [0, 0.1) is 0 Å². The van der Waals surface area contributed by atoms with Gasteiger partial charge in [0.15, 0.2) is 0 Å². The SMILES string of the molecule is CC1(NC(=O)[C@@H]2CCC(=O)N2)CNC1. The molecule has 0 spiro atoms. The van der Waals surface area contributed by atoms with Crippen LogP contribution >= 0.6 is 0 Å². The van der Waals surface area contributed by atoms with Crippen molar-refractivity contribution in [3.05, 3.63) is 0 Å². The minimum Gasteiger partial charge on any atom is -0.347 e. The van der Waals surface area contributed by atoms with Crippen LogP contribution in [0.15, 0.2) is 0 Å². The van der Waals surface area contributed by atoms with Gasteiger partial charge in [-0.3, -0.25) is 9.59 Å². The first kappa shape index (κ1) is 9.45. The van der Waals surface area contributed by atoms with Crippen LogP contribution < -0.4 is 16.0 Å². The second kappa shape index (κ2) is 3.24. The van der Waals surface area contributed by atoms with Crippen LogP contribution in [0.1, 0.15) is 19.8 Å². The molecule has 2 aliphatic heterocycles. The molecular formula is C9H15N3O2. The Morgan fingerprint density at radius 1 is 1.57 bits per heavy atom. The van der Waals surface area contributed by atoms with Crippen molar-refractivity contribution in [1.29, 1.82) is 0 Å². The van der Waals surface area contributed by atoms with E-state index in [0.29, 0.717) is 12.8 Å². The fourth-order valence-electron chi connectivity index (χ4n) is 1.78. The van der Waals surface area contributed by atoms with Gasteiger partial charge in [0.05, 0.1) is 5.54 Å². The third-order valence-corrected chi connectivity index (χ3v) is 2.77. The van der Waals surface area contributed by atoms with Gasteiger partial charge in [-0.15, -0.1) is 0 Å². The molecule has 2 heterocycles. The number of rotatable bonds is 2. The summed E-state index contributed by atoms with van der Waals surface area (Å²) in [5.74, 6) is -0.0816. The summed E-state index contributed by atoms with van der Waals surface area (Å²) in [6.45, 7) is 3.61. The van der Waals surface area contributed by atoms with Crippen molar-refractivity contribution in [2.24, 2.45) is 0 Å². The Morgan fingerprint density at radius 2 is 2.29 bits per heavy atom. The first-order valence-corrected chi connectivity index (χ1v) is 4.91. The molecule has 2 saturated heterocycles. The third kappa shape index (κ3) is 1.72. The van der Waals surface area contributed by atoms with Gasteiger partial charge < -0.3 is 16.0 Å². The Hall–Kier alpha value is -1.10. The van der Waals surface area contributed by atoms with Gasteiger partial charge in [0, 0.05) is 19.5 Å². The molecule has 0 radical (unpaired) electrons. The van der Waals surface area contributed by atoms with Crippen LogP contribution in [0.4, 0.5) is 0 Å². The molecule has 0 saturated carbocycles. The quantitative estimate of drug-likeness (QED) is 0.517. The molecule has 0 aromatic carbocycles. The summed E-state index contributed by atoms with van der Waals surface area (Å²) in [6, 6.07) is -0.320. The second-order valence-corrected chi connectivity index (χ2v) is 4.31. The molecule has 0 aliphatic carbocycles. The van der Waals surface area contributed by atoms with Crippen LogP contribution in [-0.2, 0) is 9.59 Å². The van der Waals surface area contributed by atoms with E-state index >= 15 is 0 Å². The first-order valence-electron chi connectivity index (χ1n) is 4.91. The molecule has 1 atom stereocenters. The number of hydrogen-bond acceptors (Lipinski definition) is 3. The lowest BCUT2D eigenvalue weighted by Gasteiger charge is -2.40. The lowest BCUT2D eigenvalue weighted by Crippen LogP contribution is -2.68. The summed E-state index contributed by atoms with van der Waals surface area (Å²) in [6.07, 6.45) is 1.08. The first-order chi connectivity index (χ1) is 6.59. The largest absolute Gasteiger partial charge is 0.347 e. The Kier molecular flexibility index (Phi) is 2.19. The average Bonchev–Trinajstić information content (AvgIpc) is 2.49. The zero-order chi connectivity index (χ0) is 10.2. The van der Waals surface area contributed by atoms with Crippen molar-refractivity contribution in [3.8, 4) is 0 Å². The minimum absolute atomic E-state index is 0.0259. The molecule has 0 aromatic heterocycles. The topological polar surface area (TPSA) is 70.2 Å². The zero-order valence-corrected chi connectivity index (χ0v) is 8.22. The maximum Gasteiger partial charge on any atom is 0.243 e. The van der Waals surface area contributed by atoms with E-state index < -0.39 is 0 Å². The molecule has 0 unspecified atom stereocenters. The maximum absolute atomic E-state index is 11.6. The van der Waals surface area contributed by atoms with Crippen LogP contribution in [0.25, 0.3) is 0 Å². The van der Waals surface area contributed by atoms with Crippen LogP contribution in [-0.4, -0.2) is 36.5 Å². The number of carbonyl (C=O) groups excluding carboxylic acids is 2. The van der Waals surface area contributed by atoms with Crippen molar-refractivity contribution in [3.63, 3.8) is 0 Å². The van der Waals surface area contributed by atoms with Crippen molar-refractivity contribution in [2.75, 3.05) is 13.1 Å². The van der Waals surface area contributed by atoms with E-state index in [1.54, 1.807) is 0 Å². The summed E-state index contributed by atoms with van der Waals surface area (Å²) in [4.78, 5) is 22.5. The van der Waals surface area contributed by atoms with Crippen molar-refractivity contribution in [1.82, 2.24) is 16.0 Å². The van der Waals surface area contributed by atoms with Gasteiger partial charge in [0.2, 0.25) is 11.8 Å². The van der Waals surface area contributed by atoms with E-state index in [9.17, 15) is 9.59 Å². The minimum atomic E-state index is -0.320. The van der Waals surface area contributed by atoms with Gasteiger partial charge in [0.1, 0.15) is 6.04 Å². The van der Waals surface area contributed by atoms with E-state index in [1.807, 2.05) is 6.92 Å². The molecule has 2 rings (SSSR count). The summed E-state index contributed by atoms with van der Waals surface area (Å²) in [5, 5.41) is 8.70. The molecule has 3 N–H and O–H groups in total. The highest BCUT2D eigenvalue weighted by Crippen LogP contribution is 2.12. The van der Waals surface area contributed by atoms with Crippen LogP contribution in [0.3, 0.4) is 0 Å². The number of amides is 2. The Labute approximate surface area is 82.6 Å². The predicted molar refractivity (Wildman–Crippen MR) is 50.6 cm³/mol. The normalized spacial score (nSPS) is 29.2. The number of hydrogen-bond donors (Lipinski definition) is 3. The van der Waals surface area contributed by atoms with E-state index in [0.717, 1.165) is 13.1 Å². The fourth-order valence-corrected chi connectivity index (χ4v) is 1.78. The average molecular weight is 197 g/mol. The Morgan fingerprint density at radius 3 is 2.71 bits per heavy atom. The number of nitrogens with one attached hydrogen (secondary N) is 3. The van der Waals surface area contributed by atoms with Crippen molar-refractivity contribution >= 4 is 11.8 Å². The molecule has 5 nitrogen and oxygen atoms in total. The molecule has 2 amide bonds. The molecule has 14 heavy (non-hydrogen) atoms. The van der Waals surface area contributed by atoms with Gasteiger partial charge in [0.25, 0.3) is 0 Å². The Bertz CT molecular complexity index is 273. The summed E-state index contributed by atoms with van der Waals surface area (Å²) in [7, 11) is 0. The van der Waals surface area contributed by atoms with Gasteiger partial charge in [-0.25, -0.2) is 0 Å². The van der Waals surface area contributed by atoms with E-state index in [4.69, 9.17) is 0 Å². The molecule has 0 aromatic rings. The van der Waals surface area contributed by atoms with E-state index in [-0.39, 0.29) is 23.4 Å². The highest BCUT2D eigenvalue weighted by molar-refractivity contribution is 5.91. The second-order valence-electron chi connectivity index (χ2n) is 4.31. The van der Waals surface area contributed by atoms with Gasteiger partial charge in [-0.1, -0.05) is 0 Å². The third-order valence-electron chi connectivity index (χ3n) is 2.77. The standard InChI is InChI=1S/C9H15N3O2/c1-9(4-10-5-9)12-8(14)6-2-3-7(13)11-6/h6,10H,2-5H2,1H3,(H,11,13)(H,12,14)/t6-/m0/s1. The van der Waals surface area contributed by atoms with Crippen molar-refractivity contribution < 1.29 is 9.59 Å². The summed E-state index contributed by atoms with van der Waals surface area (Å²) >= 11 is 0. The lowest BCUT2D eigenvalue weighted by atomic mass is 9.95. The fraction of sp³-hybridized carbons (Fsp3) is 0.778. The number of carbonyl (C=O) groups is 2. The molecule has 78 valence electrons. The molecule has 2 aliphatic rings. The summed E-state index contributed by atoms with van der Waals surface area (Å²) < 4.78 is 0. The monoisotopic (exact) mass is 197 g/mol.